The number of carbonyl (C=O) groups excluding carboxylic acids is 1. The summed E-state index contributed by atoms with van der Waals surface area (Å²) in [5, 5.41) is 0. The minimum absolute atomic E-state index is 0.0149. The zero-order valence-electron chi connectivity index (χ0n) is 13.2. The Hall–Kier alpha value is -2.21. The molecule has 2 aromatic rings. The lowest BCUT2D eigenvalue weighted by molar-refractivity contribution is 0.0975. The quantitative estimate of drug-likeness (QED) is 0.787. The monoisotopic (exact) mass is 332 g/mol. The number of rotatable bonds is 7. The van der Waals surface area contributed by atoms with Crippen molar-refractivity contribution in [3.8, 4) is 0 Å². The minimum Gasteiger partial charge on any atom is -0.294 e. The van der Waals surface area contributed by atoms with E-state index in [-0.39, 0.29) is 10.7 Å². The molecular weight excluding hydrogens is 312 g/mol. The Morgan fingerprint density at radius 1 is 1.22 bits per heavy atom. The second kappa shape index (κ2) is 7.37. The predicted octanol–water partition coefficient (Wildman–Crippen LogP) is 3.50. The van der Waals surface area contributed by atoms with Crippen LogP contribution in [0.4, 0.5) is 5.69 Å². The highest BCUT2D eigenvalue weighted by Gasteiger charge is 2.15. The third-order valence-electron chi connectivity index (χ3n) is 3.33. The van der Waals surface area contributed by atoms with Crippen molar-refractivity contribution in [1.82, 2.24) is 4.98 Å². The number of pyridine rings is 1. The van der Waals surface area contributed by atoms with Gasteiger partial charge in [-0.1, -0.05) is 26.0 Å². The molecular formula is C17H20N2O3S. The zero-order valence-corrected chi connectivity index (χ0v) is 14.0. The molecule has 5 nitrogen and oxygen atoms in total. The van der Waals surface area contributed by atoms with Crippen LogP contribution in [0.25, 0.3) is 0 Å². The van der Waals surface area contributed by atoms with Crippen LogP contribution in [0.2, 0.25) is 0 Å². The summed E-state index contributed by atoms with van der Waals surface area (Å²) in [6.45, 7) is 4.12. The smallest absolute Gasteiger partial charge is 0.263 e. The average molecular weight is 332 g/mol. The molecule has 1 aromatic heterocycles. The predicted molar refractivity (Wildman–Crippen MR) is 89.9 cm³/mol. The van der Waals surface area contributed by atoms with Gasteiger partial charge in [0.1, 0.15) is 4.90 Å². The van der Waals surface area contributed by atoms with Gasteiger partial charge in [-0.25, -0.2) is 8.42 Å². The van der Waals surface area contributed by atoms with Crippen molar-refractivity contribution in [2.45, 2.75) is 31.6 Å². The highest BCUT2D eigenvalue weighted by atomic mass is 32.2. The molecule has 0 saturated carbocycles. The lowest BCUT2D eigenvalue weighted by atomic mass is 10.0. The summed E-state index contributed by atoms with van der Waals surface area (Å²) in [5.74, 6) is 0.465. The Morgan fingerprint density at radius 2 is 2.00 bits per heavy atom. The summed E-state index contributed by atoms with van der Waals surface area (Å²) >= 11 is 0. The van der Waals surface area contributed by atoms with Crippen molar-refractivity contribution in [1.29, 1.82) is 0 Å². The van der Waals surface area contributed by atoms with Crippen LogP contribution in [0.15, 0.2) is 53.7 Å². The van der Waals surface area contributed by atoms with Gasteiger partial charge in [0.05, 0.1) is 0 Å². The second-order valence-corrected chi connectivity index (χ2v) is 7.41. The first-order valence-electron chi connectivity index (χ1n) is 7.44. The molecule has 1 heterocycles. The van der Waals surface area contributed by atoms with E-state index in [1.54, 1.807) is 30.3 Å². The van der Waals surface area contributed by atoms with Gasteiger partial charge in [-0.3, -0.25) is 14.5 Å². The molecule has 0 aliphatic heterocycles. The number of Topliss-reactive ketones (excluding diaryl/α,β-unsaturated/α-hetero) is 1. The number of benzene rings is 1. The number of anilines is 1. The maximum atomic E-state index is 12.3. The first kappa shape index (κ1) is 17.1. The zero-order chi connectivity index (χ0) is 16.9. The molecule has 1 N–H and O–H groups in total. The SMILES string of the molecule is CC(C)CCC(=O)c1cccc(NS(=O)(=O)c2cccnc2)c1. The number of hydrogen-bond acceptors (Lipinski definition) is 4. The second-order valence-electron chi connectivity index (χ2n) is 5.73. The van der Waals surface area contributed by atoms with Gasteiger partial charge in [-0.15, -0.1) is 0 Å². The van der Waals surface area contributed by atoms with Crippen LogP contribution in [-0.2, 0) is 10.0 Å². The van der Waals surface area contributed by atoms with Crippen molar-refractivity contribution in [3.05, 3.63) is 54.4 Å². The maximum absolute atomic E-state index is 12.3. The van der Waals surface area contributed by atoms with Crippen LogP contribution in [0, 0.1) is 5.92 Å². The van der Waals surface area contributed by atoms with E-state index in [2.05, 4.69) is 23.6 Å². The van der Waals surface area contributed by atoms with Gasteiger partial charge >= 0.3 is 0 Å². The summed E-state index contributed by atoms with van der Waals surface area (Å²) in [7, 11) is -3.71. The number of carbonyl (C=O) groups is 1. The summed E-state index contributed by atoms with van der Waals surface area (Å²) in [5.41, 5.74) is 0.876. The number of nitrogens with zero attached hydrogens (tertiary/aromatic N) is 1. The summed E-state index contributed by atoms with van der Waals surface area (Å²) in [6, 6.07) is 9.57. The van der Waals surface area contributed by atoms with E-state index in [9.17, 15) is 13.2 Å². The third-order valence-corrected chi connectivity index (χ3v) is 4.70. The highest BCUT2D eigenvalue weighted by Crippen LogP contribution is 2.18. The molecule has 0 bridgehead atoms. The van der Waals surface area contributed by atoms with Crippen LogP contribution < -0.4 is 4.72 Å². The van der Waals surface area contributed by atoms with Crippen LogP contribution in [-0.4, -0.2) is 19.2 Å². The molecule has 0 atom stereocenters. The highest BCUT2D eigenvalue weighted by molar-refractivity contribution is 7.92. The molecule has 0 fully saturated rings. The molecule has 2 rings (SSSR count). The molecule has 0 radical (unpaired) electrons. The van der Waals surface area contributed by atoms with Gasteiger partial charge in [0.2, 0.25) is 0 Å². The van der Waals surface area contributed by atoms with Crippen LogP contribution in [0.1, 0.15) is 37.0 Å². The summed E-state index contributed by atoms with van der Waals surface area (Å²) < 4.78 is 27.0. The van der Waals surface area contributed by atoms with E-state index in [4.69, 9.17) is 0 Å². The van der Waals surface area contributed by atoms with Crippen LogP contribution in [0.3, 0.4) is 0 Å². The molecule has 0 aliphatic rings. The molecule has 0 amide bonds. The Bertz CT molecular complexity index is 771. The van der Waals surface area contributed by atoms with Crippen molar-refractivity contribution in [3.63, 3.8) is 0 Å². The van der Waals surface area contributed by atoms with Crippen molar-refractivity contribution < 1.29 is 13.2 Å². The van der Waals surface area contributed by atoms with Crippen LogP contribution in [0.5, 0.6) is 0 Å². The molecule has 6 heteroatoms. The van der Waals surface area contributed by atoms with E-state index in [1.165, 1.54) is 18.5 Å². The summed E-state index contributed by atoms with van der Waals surface area (Å²) in [4.78, 5) is 16.0. The number of hydrogen-bond donors (Lipinski definition) is 1. The molecule has 23 heavy (non-hydrogen) atoms. The third kappa shape index (κ3) is 4.89. The fourth-order valence-electron chi connectivity index (χ4n) is 2.04. The Morgan fingerprint density at radius 3 is 2.65 bits per heavy atom. The van der Waals surface area contributed by atoms with Gasteiger partial charge < -0.3 is 0 Å². The fourth-order valence-corrected chi connectivity index (χ4v) is 3.05. The number of sulfonamides is 1. The van der Waals surface area contributed by atoms with E-state index in [0.29, 0.717) is 23.6 Å². The summed E-state index contributed by atoms with van der Waals surface area (Å²) in [6.07, 6.45) is 4.05. The number of ketones is 1. The molecule has 0 unspecified atom stereocenters. The topological polar surface area (TPSA) is 76.1 Å². The molecule has 122 valence electrons. The normalized spacial score (nSPS) is 11.4. The molecule has 1 aromatic carbocycles. The van der Waals surface area contributed by atoms with Gasteiger partial charge in [0, 0.05) is 30.1 Å². The van der Waals surface area contributed by atoms with Crippen LogP contribution >= 0.6 is 0 Å². The van der Waals surface area contributed by atoms with E-state index < -0.39 is 10.0 Å². The average Bonchev–Trinajstić information content (AvgIpc) is 2.53. The van der Waals surface area contributed by atoms with E-state index in [1.807, 2.05) is 0 Å². The first-order chi connectivity index (χ1) is 10.9. The first-order valence-corrected chi connectivity index (χ1v) is 8.93. The lowest BCUT2D eigenvalue weighted by Gasteiger charge is -2.09. The van der Waals surface area contributed by atoms with Gasteiger partial charge in [-0.05, 0) is 36.6 Å². The Kier molecular flexibility index (Phi) is 5.50. The van der Waals surface area contributed by atoms with Gasteiger partial charge in [-0.2, -0.15) is 0 Å². The molecule has 0 saturated heterocycles. The van der Waals surface area contributed by atoms with Crippen molar-refractivity contribution in [2.24, 2.45) is 5.92 Å². The van der Waals surface area contributed by atoms with Crippen molar-refractivity contribution in [2.75, 3.05) is 4.72 Å². The van der Waals surface area contributed by atoms with Gasteiger partial charge in [0.25, 0.3) is 10.0 Å². The lowest BCUT2D eigenvalue weighted by Crippen LogP contribution is -2.13. The largest absolute Gasteiger partial charge is 0.294 e. The van der Waals surface area contributed by atoms with Gasteiger partial charge in [0.15, 0.2) is 5.78 Å². The van der Waals surface area contributed by atoms with Crippen molar-refractivity contribution >= 4 is 21.5 Å². The fraction of sp³-hybridized carbons (Fsp3) is 0.294. The molecule has 0 aliphatic carbocycles. The van der Waals surface area contributed by atoms with E-state index >= 15 is 0 Å². The number of aromatic nitrogens is 1. The Labute approximate surface area is 136 Å². The maximum Gasteiger partial charge on any atom is 0.263 e. The number of nitrogens with one attached hydrogen (secondary N) is 1. The Balaban J connectivity index is 2.16. The van der Waals surface area contributed by atoms with E-state index in [0.717, 1.165) is 6.42 Å². The standard InChI is InChI=1S/C17H20N2O3S/c1-13(2)8-9-17(20)14-5-3-6-15(11-14)19-23(21,22)16-7-4-10-18-12-16/h3-7,10-13,19H,8-9H2,1-2H3. The molecule has 0 spiro atoms. The minimum atomic E-state index is -3.71.